The predicted octanol–water partition coefficient (Wildman–Crippen LogP) is 2.41. The van der Waals surface area contributed by atoms with Gasteiger partial charge in [0.05, 0.1) is 11.3 Å². The molecule has 1 radical (unpaired) electrons. The Hall–Kier alpha value is -1.59. The molecule has 91 valence electrons. The molecule has 0 amide bonds. The summed E-state index contributed by atoms with van der Waals surface area (Å²) in [4.78, 5) is 19.5. The smallest absolute Gasteiger partial charge is 0.336 e. The van der Waals surface area contributed by atoms with Gasteiger partial charge in [0.25, 0.3) is 0 Å². The van der Waals surface area contributed by atoms with Crippen LogP contribution in [0.1, 0.15) is 11.3 Å². The van der Waals surface area contributed by atoms with E-state index in [-0.39, 0.29) is 38.3 Å². The van der Waals surface area contributed by atoms with Crippen LogP contribution in [0.15, 0.2) is 37.2 Å². The first-order valence-electron chi connectivity index (χ1n) is 5.26. The molecule has 19 heavy (non-hydrogen) atoms. The fourth-order valence-electron chi connectivity index (χ4n) is 1.86. The molecular formula is C13H8N3O2Y-. The SMILES string of the molecule is C=C1[N-]C=C(C(=O)O)c2nc3ncccc3cc21.[Y]. The van der Waals surface area contributed by atoms with E-state index >= 15 is 0 Å². The van der Waals surface area contributed by atoms with Gasteiger partial charge in [0.2, 0.25) is 0 Å². The summed E-state index contributed by atoms with van der Waals surface area (Å²) in [6.07, 6.45) is 2.89. The number of hydrogen-bond donors (Lipinski definition) is 1. The van der Waals surface area contributed by atoms with E-state index in [2.05, 4.69) is 21.9 Å². The van der Waals surface area contributed by atoms with Gasteiger partial charge in [-0.2, -0.15) is 6.20 Å². The Morgan fingerprint density at radius 1 is 1.42 bits per heavy atom. The minimum Gasteiger partial charge on any atom is -0.663 e. The van der Waals surface area contributed by atoms with Gasteiger partial charge in [-0.25, -0.2) is 14.8 Å². The first-order valence-corrected chi connectivity index (χ1v) is 5.26. The van der Waals surface area contributed by atoms with E-state index in [0.29, 0.717) is 22.6 Å². The zero-order valence-electron chi connectivity index (χ0n) is 9.87. The Kier molecular flexibility index (Phi) is 3.78. The molecule has 2 aromatic rings. The average molecular weight is 327 g/mol. The number of carboxylic acid groups (broad SMARTS) is 1. The van der Waals surface area contributed by atoms with Crippen molar-refractivity contribution >= 4 is 28.3 Å². The third-order valence-corrected chi connectivity index (χ3v) is 2.74. The Morgan fingerprint density at radius 3 is 2.95 bits per heavy atom. The zero-order valence-corrected chi connectivity index (χ0v) is 12.7. The number of carboxylic acids is 1. The molecule has 1 N–H and O–H groups in total. The predicted molar refractivity (Wildman–Crippen MR) is 67.5 cm³/mol. The van der Waals surface area contributed by atoms with E-state index in [1.807, 2.05) is 12.1 Å². The van der Waals surface area contributed by atoms with Gasteiger partial charge in [0.15, 0.2) is 5.65 Å². The van der Waals surface area contributed by atoms with Gasteiger partial charge >= 0.3 is 5.97 Å². The fourth-order valence-corrected chi connectivity index (χ4v) is 1.86. The summed E-state index contributed by atoms with van der Waals surface area (Å²) in [6.45, 7) is 3.79. The number of rotatable bonds is 1. The van der Waals surface area contributed by atoms with Crippen molar-refractivity contribution in [2.24, 2.45) is 0 Å². The van der Waals surface area contributed by atoms with Gasteiger partial charge in [0, 0.05) is 44.3 Å². The molecule has 0 saturated carbocycles. The number of nitrogens with zero attached hydrogens (tertiary/aromatic N) is 3. The van der Waals surface area contributed by atoms with Gasteiger partial charge in [-0.1, -0.05) is 0 Å². The first kappa shape index (κ1) is 13.8. The minimum atomic E-state index is -1.06. The monoisotopic (exact) mass is 327 g/mol. The summed E-state index contributed by atoms with van der Waals surface area (Å²) >= 11 is 0. The van der Waals surface area contributed by atoms with Crippen molar-refractivity contribution in [3.05, 3.63) is 53.7 Å². The van der Waals surface area contributed by atoms with Gasteiger partial charge in [-0.05, 0) is 23.8 Å². The van der Waals surface area contributed by atoms with E-state index in [1.165, 1.54) is 6.20 Å². The van der Waals surface area contributed by atoms with Gasteiger partial charge < -0.3 is 10.4 Å². The van der Waals surface area contributed by atoms with Crippen molar-refractivity contribution in [1.29, 1.82) is 0 Å². The summed E-state index contributed by atoms with van der Waals surface area (Å²) in [7, 11) is 0. The summed E-state index contributed by atoms with van der Waals surface area (Å²) in [6, 6.07) is 5.47. The molecule has 2 aromatic heterocycles. The number of aromatic nitrogens is 2. The molecule has 0 unspecified atom stereocenters. The average Bonchev–Trinajstić information content (AvgIpc) is 2.37. The van der Waals surface area contributed by atoms with Crippen molar-refractivity contribution in [3.8, 4) is 0 Å². The van der Waals surface area contributed by atoms with Gasteiger partial charge in [-0.15, -0.1) is 12.3 Å². The topological polar surface area (TPSA) is 77.2 Å². The maximum Gasteiger partial charge on any atom is 0.336 e. The molecule has 0 aliphatic carbocycles. The normalized spacial score (nSPS) is 13.1. The van der Waals surface area contributed by atoms with Gasteiger partial charge in [-0.3, -0.25) is 0 Å². The molecular weight excluding hydrogens is 319 g/mol. The van der Waals surface area contributed by atoms with Crippen LogP contribution in [0.2, 0.25) is 0 Å². The molecule has 3 heterocycles. The quantitative estimate of drug-likeness (QED) is 0.872. The number of carbonyl (C=O) groups is 1. The summed E-state index contributed by atoms with van der Waals surface area (Å²) in [5, 5.41) is 13.9. The molecule has 1 aliphatic heterocycles. The van der Waals surface area contributed by atoms with Crippen LogP contribution in [0.25, 0.3) is 27.6 Å². The largest absolute Gasteiger partial charge is 0.663 e. The van der Waals surface area contributed by atoms with Crippen molar-refractivity contribution < 1.29 is 42.6 Å². The molecule has 3 rings (SSSR count). The van der Waals surface area contributed by atoms with E-state index in [4.69, 9.17) is 5.11 Å². The Balaban J connectivity index is 0.00000133. The van der Waals surface area contributed by atoms with Crippen LogP contribution >= 0.6 is 0 Å². The van der Waals surface area contributed by atoms with Crippen LogP contribution in [-0.4, -0.2) is 21.0 Å². The molecule has 0 fully saturated rings. The zero-order chi connectivity index (χ0) is 12.7. The minimum absolute atomic E-state index is 0. The first-order chi connectivity index (χ1) is 8.66. The summed E-state index contributed by atoms with van der Waals surface area (Å²) in [5.74, 6) is -1.06. The van der Waals surface area contributed by atoms with Crippen molar-refractivity contribution in [1.82, 2.24) is 9.97 Å². The number of fused-ring (bicyclic) bond motifs is 2. The van der Waals surface area contributed by atoms with Crippen molar-refractivity contribution in [2.75, 3.05) is 0 Å². The van der Waals surface area contributed by atoms with E-state index < -0.39 is 5.97 Å². The molecule has 0 spiro atoms. The van der Waals surface area contributed by atoms with Crippen molar-refractivity contribution in [3.63, 3.8) is 0 Å². The van der Waals surface area contributed by atoms with Crippen LogP contribution in [0.5, 0.6) is 0 Å². The molecule has 0 saturated heterocycles. The van der Waals surface area contributed by atoms with Gasteiger partial charge in [0.1, 0.15) is 0 Å². The standard InChI is InChI=1S/C13H9N3O2.Y/c1-7-9-5-8-3-2-4-14-12(8)16-11(9)10(6-15-7)13(17)18;/h2-6H,1H2,(H2,14,15,16,17,18);/p-1. The Labute approximate surface area is 134 Å². The number of pyridine rings is 2. The van der Waals surface area contributed by atoms with E-state index in [1.54, 1.807) is 12.3 Å². The Bertz CT molecular complexity index is 725. The molecule has 5 nitrogen and oxygen atoms in total. The molecule has 0 aromatic carbocycles. The number of aliphatic carboxylic acids is 1. The molecule has 6 heteroatoms. The molecule has 0 bridgehead atoms. The van der Waals surface area contributed by atoms with E-state index in [0.717, 1.165) is 5.39 Å². The fraction of sp³-hybridized carbons (Fsp3) is 0. The van der Waals surface area contributed by atoms with Crippen LogP contribution in [0.3, 0.4) is 0 Å². The Morgan fingerprint density at radius 2 is 2.21 bits per heavy atom. The second-order valence-electron chi connectivity index (χ2n) is 3.86. The van der Waals surface area contributed by atoms with Crippen LogP contribution in [0.4, 0.5) is 0 Å². The maximum atomic E-state index is 11.1. The second kappa shape index (κ2) is 5.19. The maximum absolute atomic E-state index is 11.1. The molecule has 1 aliphatic rings. The summed E-state index contributed by atoms with van der Waals surface area (Å²) in [5.41, 5.74) is 2.08. The van der Waals surface area contributed by atoms with Crippen LogP contribution in [-0.2, 0) is 37.5 Å². The third-order valence-electron chi connectivity index (χ3n) is 2.74. The summed E-state index contributed by atoms with van der Waals surface area (Å²) < 4.78 is 0. The molecule has 0 atom stereocenters. The van der Waals surface area contributed by atoms with Crippen LogP contribution < -0.4 is 0 Å². The van der Waals surface area contributed by atoms with E-state index in [9.17, 15) is 4.79 Å². The number of hydrogen-bond acceptors (Lipinski definition) is 3. The van der Waals surface area contributed by atoms with Crippen LogP contribution in [0, 0.1) is 0 Å². The second-order valence-corrected chi connectivity index (χ2v) is 3.86. The third kappa shape index (κ3) is 2.31. The van der Waals surface area contributed by atoms with Crippen molar-refractivity contribution in [2.45, 2.75) is 0 Å².